The molecule has 0 bridgehead atoms. The van der Waals surface area contributed by atoms with E-state index in [1.165, 1.54) is 7.11 Å². The van der Waals surface area contributed by atoms with Gasteiger partial charge in [-0.3, -0.25) is 4.79 Å². The van der Waals surface area contributed by atoms with E-state index in [9.17, 15) is 4.79 Å². The highest BCUT2D eigenvalue weighted by Crippen LogP contribution is 2.20. The van der Waals surface area contributed by atoms with Crippen LogP contribution in [0.15, 0.2) is 23.3 Å². The minimum absolute atomic E-state index is 0.184. The SMILES string of the molecule is COc1ccc(C)cc1C(=O)CN=[N+]=[N-]. The van der Waals surface area contributed by atoms with Crippen LogP contribution in [-0.2, 0) is 0 Å². The van der Waals surface area contributed by atoms with Crippen LogP contribution >= 0.6 is 0 Å². The molecule has 0 fully saturated rings. The maximum Gasteiger partial charge on any atom is 0.172 e. The predicted molar refractivity (Wildman–Crippen MR) is 56.1 cm³/mol. The van der Waals surface area contributed by atoms with Crippen molar-refractivity contribution in [3.8, 4) is 5.75 Å². The molecule has 1 aromatic rings. The van der Waals surface area contributed by atoms with E-state index in [1.807, 2.05) is 13.0 Å². The van der Waals surface area contributed by atoms with E-state index < -0.39 is 0 Å². The Hall–Kier alpha value is -2.00. The second-order valence-corrected chi connectivity index (χ2v) is 3.02. The van der Waals surface area contributed by atoms with Gasteiger partial charge >= 0.3 is 0 Å². The summed E-state index contributed by atoms with van der Waals surface area (Å²) in [7, 11) is 1.50. The first kappa shape index (κ1) is 11.1. The highest BCUT2D eigenvalue weighted by atomic mass is 16.5. The number of carbonyl (C=O) groups excluding carboxylic acids is 1. The Bertz CT molecular complexity index is 423. The molecular formula is C10H11N3O2. The summed E-state index contributed by atoms with van der Waals surface area (Å²) in [6.45, 7) is 1.69. The lowest BCUT2D eigenvalue weighted by atomic mass is 10.1. The van der Waals surface area contributed by atoms with Crippen LogP contribution in [0.4, 0.5) is 0 Å². The van der Waals surface area contributed by atoms with Crippen LogP contribution in [0.1, 0.15) is 15.9 Å². The lowest BCUT2D eigenvalue weighted by Gasteiger charge is -2.06. The number of ether oxygens (including phenoxy) is 1. The second-order valence-electron chi connectivity index (χ2n) is 3.02. The average Bonchev–Trinajstić information content (AvgIpc) is 2.25. The molecule has 0 unspecified atom stereocenters. The number of methoxy groups -OCH3 is 1. The van der Waals surface area contributed by atoms with Crippen molar-refractivity contribution in [2.45, 2.75) is 6.92 Å². The molecule has 1 rings (SSSR count). The van der Waals surface area contributed by atoms with Crippen molar-refractivity contribution < 1.29 is 9.53 Å². The maximum absolute atomic E-state index is 11.6. The molecule has 5 heteroatoms. The standard InChI is InChI=1S/C10H11N3O2/c1-7-3-4-10(15-2)8(5-7)9(14)6-12-13-11/h3-5H,6H2,1-2H3. The van der Waals surface area contributed by atoms with Crippen LogP contribution in [0.5, 0.6) is 5.75 Å². The maximum atomic E-state index is 11.6. The summed E-state index contributed by atoms with van der Waals surface area (Å²) in [6, 6.07) is 5.29. The summed E-state index contributed by atoms with van der Waals surface area (Å²) in [4.78, 5) is 14.1. The van der Waals surface area contributed by atoms with Crippen molar-refractivity contribution in [3.63, 3.8) is 0 Å². The van der Waals surface area contributed by atoms with Crippen LogP contribution in [-0.4, -0.2) is 19.4 Å². The highest BCUT2D eigenvalue weighted by Gasteiger charge is 2.10. The first-order valence-corrected chi connectivity index (χ1v) is 4.37. The van der Waals surface area contributed by atoms with E-state index >= 15 is 0 Å². The number of hydrogen-bond donors (Lipinski definition) is 0. The fraction of sp³-hybridized carbons (Fsp3) is 0.300. The van der Waals surface area contributed by atoms with Gasteiger partial charge in [0.1, 0.15) is 5.75 Å². The van der Waals surface area contributed by atoms with Gasteiger partial charge in [-0.25, -0.2) is 0 Å². The van der Waals surface area contributed by atoms with Crippen molar-refractivity contribution in [3.05, 3.63) is 39.8 Å². The number of nitrogens with zero attached hydrogens (tertiary/aromatic N) is 3. The number of azide groups is 1. The average molecular weight is 205 g/mol. The van der Waals surface area contributed by atoms with Crippen LogP contribution in [0, 0.1) is 6.92 Å². The Labute approximate surface area is 87.3 Å². The first-order valence-electron chi connectivity index (χ1n) is 4.37. The van der Waals surface area contributed by atoms with Crippen molar-refractivity contribution in [2.24, 2.45) is 5.11 Å². The van der Waals surface area contributed by atoms with E-state index in [4.69, 9.17) is 10.3 Å². The van der Waals surface area contributed by atoms with E-state index in [2.05, 4.69) is 10.0 Å². The lowest BCUT2D eigenvalue weighted by Crippen LogP contribution is -2.05. The zero-order valence-corrected chi connectivity index (χ0v) is 8.60. The highest BCUT2D eigenvalue weighted by molar-refractivity contribution is 6.00. The van der Waals surface area contributed by atoms with Gasteiger partial charge in [0.15, 0.2) is 5.78 Å². The Morgan fingerprint density at radius 2 is 2.33 bits per heavy atom. The summed E-state index contributed by atoms with van der Waals surface area (Å²) < 4.78 is 5.05. The summed E-state index contributed by atoms with van der Waals surface area (Å²) in [5.41, 5.74) is 9.53. The Kier molecular flexibility index (Phi) is 3.71. The van der Waals surface area contributed by atoms with Gasteiger partial charge in [0.05, 0.1) is 19.2 Å². The number of aryl methyl sites for hydroxylation is 1. The smallest absolute Gasteiger partial charge is 0.172 e. The van der Waals surface area contributed by atoms with Gasteiger partial charge in [-0.1, -0.05) is 16.7 Å². The molecule has 0 amide bonds. The first-order chi connectivity index (χ1) is 7.19. The second kappa shape index (κ2) is 5.02. The van der Waals surface area contributed by atoms with Crippen LogP contribution in [0.2, 0.25) is 0 Å². The largest absolute Gasteiger partial charge is 0.496 e. The molecule has 15 heavy (non-hydrogen) atoms. The fourth-order valence-corrected chi connectivity index (χ4v) is 1.22. The molecule has 5 nitrogen and oxygen atoms in total. The normalized spacial score (nSPS) is 9.20. The van der Waals surface area contributed by atoms with Crippen LogP contribution in [0.3, 0.4) is 0 Å². The lowest BCUT2D eigenvalue weighted by molar-refractivity contribution is 0.0998. The number of hydrogen-bond acceptors (Lipinski definition) is 3. The number of benzene rings is 1. The third-order valence-electron chi connectivity index (χ3n) is 1.93. The molecule has 0 saturated carbocycles. The Morgan fingerprint density at radius 1 is 1.60 bits per heavy atom. The third-order valence-corrected chi connectivity index (χ3v) is 1.93. The summed E-state index contributed by atoms with van der Waals surface area (Å²) in [5.74, 6) is 0.257. The number of ketones is 1. The summed E-state index contributed by atoms with van der Waals surface area (Å²) in [5, 5.41) is 3.23. The predicted octanol–water partition coefficient (Wildman–Crippen LogP) is 2.50. The fourth-order valence-electron chi connectivity index (χ4n) is 1.22. The van der Waals surface area contributed by atoms with Crippen LogP contribution < -0.4 is 4.74 Å². The number of carbonyl (C=O) groups is 1. The van der Waals surface area contributed by atoms with Crippen molar-refractivity contribution >= 4 is 5.78 Å². The van der Waals surface area contributed by atoms with Gasteiger partial charge in [0.25, 0.3) is 0 Å². The minimum atomic E-state index is -0.242. The monoisotopic (exact) mass is 205 g/mol. The molecule has 0 heterocycles. The minimum Gasteiger partial charge on any atom is -0.496 e. The molecule has 0 atom stereocenters. The van der Waals surface area contributed by atoms with E-state index in [-0.39, 0.29) is 12.3 Å². The molecule has 0 saturated heterocycles. The van der Waals surface area contributed by atoms with Crippen molar-refractivity contribution in [1.29, 1.82) is 0 Å². The van der Waals surface area contributed by atoms with E-state index in [0.717, 1.165) is 5.56 Å². The topological polar surface area (TPSA) is 75.1 Å². The van der Waals surface area contributed by atoms with Gasteiger partial charge in [-0.15, -0.1) is 0 Å². The number of Topliss-reactive ketones (excluding diaryl/α,β-unsaturated/α-hetero) is 1. The Morgan fingerprint density at radius 3 is 2.93 bits per heavy atom. The molecule has 0 N–H and O–H groups in total. The van der Waals surface area contributed by atoms with Gasteiger partial charge in [0.2, 0.25) is 0 Å². The molecule has 0 aromatic heterocycles. The van der Waals surface area contributed by atoms with E-state index in [0.29, 0.717) is 11.3 Å². The molecule has 0 aliphatic rings. The molecule has 1 aromatic carbocycles. The molecule has 0 spiro atoms. The third kappa shape index (κ3) is 2.72. The molecular weight excluding hydrogens is 194 g/mol. The molecule has 78 valence electrons. The zero-order chi connectivity index (χ0) is 11.3. The molecule has 0 radical (unpaired) electrons. The summed E-state index contributed by atoms with van der Waals surface area (Å²) >= 11 is 0. The van der Waals surface area contributed by atoms with Gasteiger partial charge in [-0.05, 0) is 24.6 Å². The van der Waals surface area contributed by atoms with Crippen molar-refractivity contribution in [2.75, 3.05) is 13.7 Å². The van der Waals surface area contributed by atoms with Gasteiger partial charge in [-0.2, -0.15) is 0 Å². The van der Waals surface area contributed by atoms with E-state index in [1.54, 1.807) is 12.1 Å². The Balaban J connectivity index is 3.05. The van der Waals surface area contributed by atoms with Gasteiger partial charge in [0, 0.05) is 4.91 Å². The summed E-state index contributed by atoms with van der Waals surface area (Å²) in [6.07, 6.45) is 0. The molecule has 0 aliphatic heterocycles. The van der Waals surface area contributed by atoms with Gasteiger partial charge < -0.3 is 4.74 Å². The van der Waals surface area contributed by atoms with Crippen LogP contribution in [0.25, 0.3) is 10.4 Å². The van der Waals surface area contributed by atoms with Crippen molar-refractivity contribution in [1.82, 2.24) is 0 Å². The zero-order valence-electron chi connectivity index (χ0n) is 8.60. The molecule has 0 aliphatic carbocycles. The quantitative estimate of drug-likeness (QED) is 0.327. The number of rotatable bonds is 4.